The summed E-state index contributed by atoms with van der Waals surface area (Å²) in [5.74, 6) is 2.48. The highest BCUT2D eigenvalue weighted by molar-refractivity contribution is 9.10. The summed E-state index contributed by atoms with van der Waals surface area (Å²) in [4.78, 5) is 4.55. The molecule has 0 N–H and O–H groups in total. The quantitative estimate of drug-likeness (QED) is 0.849. The van der Waals surface area contributed by atoms with Crippen molar-refractivity contribution in [2.75, 3.05) is 0 Å². The molecule has 2 aromatic rings. The van der Waals surface area contributed by atoms with Crippen LogP contribution in [0.4, 0.5) is 0 Å². The van der Waals surface area contributed by atoms with Crippen LogP contribution in [0.1, 0.15) is 25.2 Å². The van der Waals surface area contributed by atoms with Crippen molar-refractivity contribution in [1.29, 1.82) is 0 Å². The van der Waals surface area contributed by atoms with Crippen molar-refractivity contribution < 1.29 is 4.52 Å². The third kappa shape index (κ3) is 1.33. The lowest BCUT2D eigenvalue weighted by atomic mass is 9.44. The van der Waals surface area contributed by atoms with Crippen LogP contribution in [0, 0.1) is 5.92 Å². The molecule has 0 aliphatic heterocycles. The Bertz CT molecular complexity index is 558. The van der Waals surface area contributed by atoms with Crippen LogP contribution in [-0.4, -0.2) is 10.1 Å². The highest BCUT2D eigenvalue weighted by Gasteiger charge is 2.61. The van der Waals surface area contributed by atoms with Crippen LogP contribution in [0.25, 0.3) is 11.4 Å². The van der Waals surface area contributed by atoms with E-state index in [0.717, 1.165) is 21.8 Å². The zero-order valence-electron chi connectivity index (χ0n) is 9.19. The van der Waals surface area contributed by atoms with E-state index in [1.165, 1.54) is 19.3 Å². The maximum absolute atomic E-state index is 5.42. The molecule has 86 valence electrons. The largest absolute Gasteiger partial charge is 0.338 e. The van der Waals surface area contributed by atoms with E-state index in [-0.39, 0.29) is 5.41 Å². The van der Waals surface area contributed by atoms with E-state index in [2.05, 4.69) is 26.1 Å². The molecule has 5 rings (SSSR count). The molecule has 0 spiro atoms. The van der Waals surface area contributed by atoms with Crippen LogP contribution < -0.4 is 0 Å². The minimum absolute atomic E-state index is 0.255. The number of rotatable bonds is 2. The number of hydrogen-bond donors (Lipinski definition) is 0. The van der Waals surface area contributed by atoms with Gasteiger partial charge in [0.2, 0.25) is 11.7 Å². The van der Waals surface area contributed by atoms with E-state index in [1.807, 2.05) is 24.3 Å². The lowest BCUT2D eigenvalue weighted by molar-refractivity contribution is -0.0512. The SMILES string of the molecule is Brc1ccc(-c2noc(C34CC(C3)C4)n2)cc1. The minimum atomic E-state index is 0.255. The van der Waals surface area contributed by atoms with Crippen molar-refractivity contribution in [3.63, 3.8) is 0 Å². The van der Waals surface area contributed by atoms with Gasteiger partial charge in [-0.3, -0.25) is 0 Å². The van der Waals surface area contributed by atoms with Crippen molar-refractivity contribution in [3.05, 3.63) is 34.6 Å². The average Bonchev–Trinajstić information content (AvgIpc) is 2.63. The predicted octanol–water partition coefficient (Wildman–Crippen LogP) is 3.55. The van der Waals surface area contributed by atoms with E-state index < -0.39 is 0 Å². The van der Waals surface area contributed by atoms with Crippen molar-refractivity contribution in [1.82, 2.24) is 10.1 Å². The van der Waals surface area contributed by atoms with Crippen LogP contribution in [-0.2, 0) is 5.41 Å². The molecule has 0 radical (unpaired) electrons. The molecule has 0 atom stereocenters. The summed E-state index contributed by atoms with van der Waals surface area (Å²) in [5, 5.41) is 4.09. The van der Waals surface area contributed by atoms with Gasteiger partial charge in [-0.25, -0.2) is 0 Å². The van der Waals surface area contributed by atoms with Crippen LogP contribution >= 0.6 is 15.9 Å². The van der Waals surface area contributed by atoms with E-state index in [9.17, 15) is 0 Å². The lowest BCUT2D eigenvalue weighted by Gasteiger charge is -2.59. The molecule has 3 saturated carbocycles. The molecule has 4 heteroatoms. The zero-order chi connectivity index (χ0) is 11.5. The van der Waals surface area contributed by atoms with E-state index in [1.54, 1.807) is 0 Å². The van der Waals surface area contributed by atoms with Crippen LogP contribution in [0.5, 0.6) is 0 Å². The number of halogens is 1. The Morgan fingerprint density at radius 2 is 1.88 bits per heavy atom. The van der Waals surface area contributed by atoms with Crippen LogP contribution in [0.15, 0.2) is 33.3 Å². The van der Waals surface area contributed by atoms with Gasteiger partial charge < -0.3 is 4.52 Å². The Hall–Kier alpha value is -1.16. The van der Waals surface area contributed by atoms with Gasteiger partial charge >= 0.3 is 0 Å². The predicted molar refractivity (Wildman–Crippen MR) is 66.5 cm³/mol. The standard InChI is InChI=1S/C13H11BrN2O/c14-10-3-1-9(2-4-10)11-15-12(17-16-11)13-5-8(6-13)7-13/h1-4,8H,5-7H2. The highest BCUT2D eigenvalue weighted by atomic mass is 79.9. The van der Waals surface area contributed by atoms with E-state index >= 15 is 0 Å². The maximum Gasteiger partial charge on any atom is 0.233 e. The summed E-state index contributed by atoms with van der Waals surface area (Å²) in [6, 6.07) is 7.99. The van der Waals surface area contributed by atoms with Gasteiger partial charge in [-0.2, -0.15) is 4.98 Å². The first-order chi connectivity index (χ1) is 8.25. The van der Waals surface area contributed by atoms with Gasteiger partial charge in [0.05, 0.1) is 5.41 Å². The van der Waals surface area contributed by atoms with E-state index in [0.29, 0.717) is 5.82 Å². The van der Waals surface area contributed by atoms with Crippen molar-refractivity contribution in [3.8, 4) is 11.4 Å². The zero-order valence-corrected chi connectivity index (χ0v) is 10.8. The second-order valence-corrected chi connectivity index (χ2v) is 6.10. The normalized spacial score (nSPS) is 29.6. The molecule has 17 heavy (non-hydrogen) atoms. The third-order valence-electron chi connectivity index (χ3n) is 4.02. The molecule has 2 bridgehead atoms. The Labute approximate surface area is 107 Å². The Morgan fingerprint density at radius 3 is 2.47 bits per heavy atom. The summed E-state index contributed by atoms with van der Waals surface area (Å²) < 4.78 is 6.48. The van der Waals surface area contributed by atoms with Gasteiger partial charge in [0.15, 0.2) is 0 Å². The second kappa shape index (κ2) is 3.19. The molecule has 3 aliphatic carbocycles. The van der Waals surface area contributed by atoms with Gasteiger partial charge in [0.25, 0.3) is 0 Å². The highest BCUT2D eigenvalue weighted by Crippen LogP contribution is 2.64. The molecule has 3 fully saturated rings. The first-order valence-electron chi connectivity index (χ1n) is 5.85. The topological polar surface area (TPSA) is 38.9 Å². The number of aromatic nitrogens is 2. The summed E-state index contributed by atoms with van der Waals surface area (Å²) >= 11 is 3.42. The summed E-state index contributed by atoms with van der Waals surface area (Å²) in [7, 11) is 0. The lowest BCUT2D eigenvalue weighted by Crippen LogP contribution is -2.55. The Morgan fingerprint density at radius 1 is 1.18 bits per heavy atom. The molecular formula is C13H11BrN2O. The van der Waals surface area contributed by atoms with Crippen molar-refractivity contribution in [2.45, 2.75) is 24.7 Å². The van der Waals surface area contributed by atoms with Crippen molar-refractivity contribution in [2.24, 2.45) is 5.92 Å². The fourth-order valence-corrected chi connectivity index (χ4v) is 3.16. The maximum atomic E-state index is 5.42. The number of benzene rings is 1. The second-order valence-electron chi connectivity index (χ2n) is 5.19. The number of hydrogen-bond acceptors (Lipinski definition) is 3. The fourth-order valence-electron chi connectivity index (χ4n) is 2.90. The van der Waals surface area contributed by atoms with Crippen LogP contribution in [0.3, 0.4) is 0 Å². The van der Waals surface area contributed by atoms with Gasteiger partial charge in [0, 0.05) is 10.0 Å². The first-order valence-corrected chi connectivity index (χ1v) is 6.65. The molecule has 3 nitrogen and oxygen atoms in total. The molecule has 0 amide bonds. The average molecular weight is 291 g/mol. The molecule has 0 unspecified atom stereocenters. The Kier molecular flexibility index (Phi) is 1.85. The van der Waals surface area contributed by atoms with Crippen LogP contribution in [0.2, 0.25) is 0 Å². The first kappa shape index (κ1) is 9.83. The molecule has 1 aromatic carbocycles. The van der Waals surface area contributed by atoms with Gasteiger partial charge in [-0.1, -0.05) is 21.1 Å². The van der Waals surface area contributed by atoms with Crippen molar-refractivity contribution >= 4 is 15.9 Å². The molecule has 1 heterocycles. The molecule has 1 aromatic heterocycles. The monoisotopic (exact) mass is 290 g/mol. The van der Waals surface area contributed by atoms with Gasteiger partial charge in [-0.05, 0) is 49.4 Å². The third-order valence-corrected chi connectivity index (χ3v) is 4.55. The molecular weight excluding hydrogens is 280 g/mol. The minimum Gasteiger partial charge on any atom is -0.338 e. The number of nitrogens with zero attached hydrogens (tertiary/aromatic N) is 2. The fraction of sp³-hybridized carbons (Fsp3) is 0.385. The summed E-state index contributed by atoms with van der Waals surface area (Å²) in [6.45, 7) is 0. The Balaban J connectivity index is 1.68. The van der Waals surface area contributed by atoms with Gasteiger partial charge in [-0.15, -0.1) is 0 Å². The molecule has 3 aliphatic rings. The summed E-state index contributed by atoms with van der Waals surface area (Å²) in [5.41, 5.74) is 1.26. The van der Waals surface area contributed by atoms with Gasteiger partial charge in [0.1, 0.15) is 0 Å². The van der Waals surface area contributed by atoms with E-state index in [4.69, 9.17) is 4.52 Å². The summed E-state index contributed by atoms with van der Waals surface area (Å²) in [6.07, 6.45) is 3.74. The smallest absolute Gasteiger partial charge is 0.233 e. The molecule has 0 saturated heterocycles.